The van der Waals surface area contributed by atoms with Gasteiger partial charge < -0.3 is 19.9 Å². The van der Waals surface area contributed by atoms with Gasteiger partial charge >= 0.3 is 0 Å². The number of nitrogens with one attached hydrogen (secondary N) is 1. The summed E-state index contributed by atoms with van der Waals surface area (Å²) in [4.78, 5) is 16.6. The van der Waals surface area contributed by atoms with Crippen LogP contribution in [0, 0.1) is 6.92 Å². The number of hydrogen-bond donors (Lipinski definition) is 1. The molecule has 1 aromatic rings. The van der Waals surface area contributed by atoms with Crippen LogP contribution in [-0.2, 0) is 9.53 Å². The Balaban J connectivity index is 0.00000208. The Bertz CT molecular complexity index is 527. The molecule has 2 aliphatic heterocycles. The third-order valence-corrected chi connectivity index (χ3v) is 4.73. The van der Waals surface area contributed by atoms with Gasteiger partial charge in [-0.3, -0.25) is 4.79 Å². The summed E-state index contributed by atoms with van der Waals surface area (Å²) >= 11 is 0. The lowest BCUT2D eigenvalue weighted by molar-refractivity contribution is -0.139. The Hall–Kier alpha value is -1.30. The molecule has 0 aromatic heterocycles. The van der Waals surface area contributed by atoms with Crippen molar-refractivity contribution in [2.75, 3.05) is 50.8 Å². The van der Waals surface area contributed by atoms with Crippen LogP contribution in [0.2, 0.25) is 0 Å². The first-order valence-corrected chi connectivity index (χ1v) is 8.64. The molecule has 1 aromatic carbocycles. The molecule has 0 aliphatic carbocycles. The molecule has 0 atom stereocenters. The second-order valence-corrected chi connectivity index (χ2v) is 6.47. The molecular formula is C18H28ClN3O2. The van der Waals surface area contributed by atoms with Crippen molar-refractivity contribution in [3.63, 3.8) is 0 Å². The molecular weight excluding hydrogens is 326 g/mol. The number of carbonyl (C=O) groups excluding carboxylic acids is 1. The molecule has 2 fully saturated rings. The monoisotopic (exact) mass is 353 g/mol. The molecule has 0 saturated carbocycles. The molecule has 6 heteroatoms. The SMILES string of the molecule is Cc1cccc(N2CCN(C(=O)COC3CCNCC3)CC2)c1.Cl. The number of hydrogen-bond acceptors (Lipinski definition) is 4. The van der Waals surface area contributed by atoms with Crippen LogP contribution in [0.1, 0.15) is 18.4 Å². The second kappa shape index (κ2) is 9.25. The van der Waals surface area contributed by atoms with Gasteiger partial charge in [0, 0.05) is 31.9 Å². The van der Waals surface area contributed by atoms with Crippen molar-refractivity contribution in [2.24, 2.45) is 0 Å². The minimum Gasteiger partial charge on any atom is -0.368 e. The van der Waals surface area contributed by atoms with Gasteiger partial charge in [0.15, 0.2) is 0 Å². The van der Waals surface area contributed by atoms with E-state index in [2.05, 4.69) is 41.4 Å². The normalized spacial score (nSPS) is 19.0. The van der Waals surface area contributed by atoms with Crippen molar-refractivity contribution in [2.45, 2.75) is 25.9 Å². The maximum atomic E-state index is 12.3. The van der Waals surface area contributed by atoms with E-state index < -0.39 is 0 Å². The van der Waals surface area contributed by atoms with Crippen LogP contribution < -0.4 is 10.2 Å². The highest BCUT2D eigenvalue weighted by Gasteiger charge is 2.22. The molecule has 3 rings (SSSR count). The molecule has 1 N–H and O–H groups in total. The maximum absolute atomic E-state index is 12.3. The first-order valence-electron chi connectivity index (χ1n) is 8.64. The average Bonchev–Trinajstić information content (AvgIpc) is 2.61. The van der Waals surface area contributed by atoms with E-state index in [-0.39, 0.29) is 31.0 Å². The lowest BCUT2D eigenvalue weighted by Crippen LogP contribution is -2.50. The van der Waals surface area contributed by atoms with Crippen LogP contribution in [0.4, 0.5) is 5.69 Å². The van der Waals surface area contributed by atoms with Crippen molar-refractivity contribution in [3.05, 3.63) is 29.8 Å². The summed E-state index contributed by atoms with van der Waals surface area (Å²) in [6.45, 7) is 7.67. The second-order valence-electron chi connectivity index (χ2n) is 6.47. The van der Waals surface area contributed by atoms with E-state index in [1.54, 1.807) is 0 Å². The number of benzene rings is 1. The Morgan fingerprint density at radius 2 is 1.92 bits per heavy atom. The maximum Gasteiger partial charge on any atom is 0.248 e. The number of rotatable bonds is 4. The highest BCUT2D eigenvalue weighted by atomic mass is 35.5. The number of piperidine rings is 1. The Kier molecular flexibility index (Phi) is 7.34. The van der Waals surface area contributed by atoms with Gasteiger partial charge in [0.25, 0.3) is 0 Å². The Morgan fingerprint density at radius 1 is 1.21 bits per heavy atom. The molecule has 2 heterocycles. The summed E-state index contributed by atoms with van der Waals surface area (Å²) in [6.07, 6.45) is 2.26. The first kappa shape index (κ1) is 19.0. The molecule has 24 heavy (non-hydrogen) atoms. The van der Waals surface area contributed by atoms with Gasteiger partial charge in [-0.25, -0.2) is 0 Å². The number of ether oxygens (including phenoxy) is 1. The number of amides is 1. The van der Waals surface area contributed by atoms with Gasteiger partial charge in [0.1, 0.15) is 6.61 Å². The summed E-state index contributed by atoms with van der Waals surface area (Å²) in [7, 11) is 0. The van der Waals surface area contributed by atoms with Crippen LogP contribution in [0.5, 0.6) is 0 Å². The van der Waals surface area contributed by atoms with Gasteiger partial charge in [0.05, 0.1) is 6.10 Å². The zero-order valence-electron chi connectivity index (χ0n) is 14.4. The standard InChI is InChI=1S/C18H27N3O2.ClH/c1-15-3-2-4-16(13-15)20-9-11-21(12-10-20)18(22)14-23-17-5-7-19-8-6-17;/h2-4,13,17,19H,5-12,14H2,1H3;1H. The van der Waals surface area contributed by atoms with E-state index in [0.717, 1.165) is 52.1 Å². The van der Waals surface area contributed by atoms with Gasteiger partial charge in [-0.2, -0.15) is 0 Å². The predicted molar refractivity (Wildman–Crippen MR) is 99.1 cm³/mol. The smallest absolute Gasteiger partial charge is 0.248 e. The molecule has 2 saturated heterocycles. The van der Waals surface area contributed by atoms with Crippen molar-refractivity contribution in [1.29, 1.82) is 0 Å². The van der Waals surface area contributed by atoms with Crippen LogP contribution >= 0.6 is 12.4 Å². The summed E-state index contributed by atoms with van der Waals surface area (Å²) in [6, 6.07) is 8.55. The highest BCUT2D eigenvalue weighted by Crippen LogP contribution is 2.18. The van der Waals surface area contributed by atoms with Crippen molar-refractivity contribution in [3.8, 4) is 0 Å². The Morgan fingerprint density at radius 3 is 2.58 bits per heavy atom. The van der Waals surface area contributed by atoms with E-state index in [9.17, 15) is 4.79 Å². The lowest BCUT2D eigenvalue weighted by Gasteiger charge is -2.36. The Labute approximate surface area is 150 Å². The molecule has 2 aliphatic rings. The highest BCUT2D eigenvalue weighted by molar-refractivity contribution is 5.85. The summed E-state index contributed by atoms with van der Waals surface area (Å²) < 4.78 is 5.78. The number of halogens is 1. The van der Waals surface area contributed by atoms with E-state index in [1.165, 1.54) is 11.3 Å². The average molecular weight is 354 g/mol. The minimum atomic E-state index is 0. The minimum absolute atomic E-state index is 0. The van der Waals surface area contributed by atoms with E-state index >= 15 is 0 Å². The fraction of sp³-hybridized carbons (Fsp3) is 0.611. The number of anilines is 1. The fourth-order valence-corrected chi connectivity index (χ4v) is 3.28. The number of nitrogens with zero attached hydrogens (tertiary/aromatic N) is 2. The molecule has 0 radical (unpaired) electrons. The van der Waals surface area contributed by atoms with Crippen LogP contribution in [0.25, 0.3) is 0 Å². The van der Waals surface area contributed by atoms with Crippen molar-refractivity contribution in [1.82, 2.24) is 10.2 Å². The van der Waals surface area contributed by atoms with Gasteiger partial charge in [-0.1, -0.05) is 12.1 Å². The van der Waals surface area contributed by atoms with Crippen LogP contribution in [0.3, 0.4) is 0 Å². The van der Waals surface area contributed by atoms with E-state index in [4.69, 9.17) is 4.74 Å². The largest absolute Gasteiger partial charge is 0.368 e. The predicted octanol–water partition coefficient (Wildman–Crippen LogP) is 1.83. The molecule has 1 amide bonds. The first-order chi connectivity index (χ1) is 11.2. The van der Waals surface area contributed by atoms with Gasteiger partial charge in [-0.15, -0.1) is 12.4 Å². The third kappa shape index (κ3) is 5.10. The molecule has 0 unspecified atom stereocenters. The molecule has 0 bridgehead atoms. The molecule has 0 spiro atoms. The van der Waals surface area contributed by atoms with E-state index in [1.807, 2.05) is 4.90 Å². The zero-order chi connectivity index (χ0) is 16.1. The molecule has 5 nitrogen and oxygen atoms in total. The summed E-state index contributed by atoms with van der Waals surface area (Å²) in [5, 5.41) is 3.31. The third-order valence-electron chi connectivity index (χ3n) is 4.73. The number of carbonyl (C=O) groups is 1. The van der Waals surface area contributed by atoms with Crippen molar-refractivity contribution < 1.29 is 9.53 Å². The number of piperazine rings is 1. The van der Waals surface area contributed by atoms with Crippen molar-refractivity contribution >= 4 is 24.0 Å². The quantitative estimate of drug-likeness (QED) is 0.897. The van der Waals surface area contributed by atoms with Gasteiger partial charge in [-0.05, 0) is 50.6 Å². The fourth-order valence-electron chi connectivity index (χ4n) is 3.28. The zero-order valence-corrected chi connectivity index (χ0v) is 15.2. The van der Waals surface area contributed by atoms with E-state index in [0.29, 0.717) is 0 Å². The molecule has 134 valence electrons. The van der Waals surface area contributed by atoms with Gasteiger partial charge in [0.2, 0.25) is 5.91 Å². The summed E-state index contributed by atoms with van der Waals surface area (Å²) in [5.74, 6) is 0.132. The summed E-state index contributed by atoms with van der Waals surface area (Å²) in [5.41, 5.74) is 2.53. The number of aryl methyl sites for hydroxylation is 1. The topological polar surface area (TPSA) is 44.8 Å². The lowest BCUT2D eigenvalue weighted by atomic mass is 10.1. The van der Waals surface area contributed by atoms with Crippen LogP contribution in [-0.4, -0.2) is 62.8 Å². The van der Waals surface area contributed by atoms with Crippen LogP contribution in [0.15, 0.2) is 24.3 Å².